The van der Waals surface area contributed by atoms with Gasteiger partial charge in [-0.05, 0) is 51.0 Å². The first-order chi connectivity index (χ1) is 9.21. The molecule has 2 N–H and O–H groups in total. The van der Waals surface area contributed by atoms with Crippen LogP contribution < -0.4 is 5.73 Å². The van der Waals surface area contributed by atoms with Crippen LogP contribution in [0.25, 0.3) is 0 Å². The second-order valence-electron chi connectivity index (χ2n) is 5.53. The molecule has 5 nitrogen and oxygen atoms in total. The highest BCUT2D eigenvalue weighted by atomic mass is 32.2. The third kappa shape index (κ3) is 2.82. The fraction of sp³-hybridized carbons (Fsp3) is 0.571. The summed E-state index contributed by atoms with van der Waals surface area (Å²) in [4.78, 5) is 0.263. The van der Waals surface area contributed by atoms with Crippen LogP contribution in [-0.4, -0.2) is 38.0 Å². The minimum Gasteiger partial charge on any atom is -0.398 e. The molecule has 1 fully saturated rings. The van der Waals surface area contributed by atoms with Gasteiger partial charge in [-0.25, -0.2) is 8.42 Å². The van der Waals surface area contributed by atoms with Crippen LogP contribution in [0, 0.1) is 13.8 Å². The van der Waals surface area contributed by atoms with E-state index in [4.69, 9.17) is 10.5 Å². The number of aryl methyl sites for hydroxylation is 1. The molecule has 0 unspecified atom stereocenters. The van der Waals surface area contributed by atoms with E-state index in [0.29, 0.717) is 18.8 Å². The van der Waals surface area contributed by atoms with Gasteiger partial charge in [-0.15, -0.1) is 0 Å². The van der Waals surface area contributed by atoms with Gasteiger partial charge in [0.25, 0.3) is 0 Å². The standard InChI is InChI=1S/C14H22N2O3S/c1-9-5-13(6-14(15)12(9)4)20(17,18)16-7-10(2)19-11(3)8-16/h5-6,10-11H,7-8,15H2,1-4H3/t10-,11+. The molecule has 20 heavy (non-hydrogen) atoms. The number of hydrogen-bond acceptors (Lipinski definition) is 4. The maximum Gasteiger partial charge on any atom is 0.243 e. The van der Waals surface area contributed by atoms with Crippen molar-refractivity contribution in [1.29, 1.82) is 0 Å². The van der Waals surface area contributed by atoms with Crippen molar-refractivity contribution in [2.45, 2.75) is 44.8 Å². The van der Waals surface area contributed by atoms with E-state index in [-0.39, 0.29) is 17.1 Å². The van der Waals surface area contributed by atoms with Crippen molar-refractivity contribution in [3.8, 4) is 0 Å². The van der Waals surface area contributed by atoms with E-state index < -0.39 is 10.0 Å². The zero-order valence-corrected chi connectivity index (χ0v) is 13.2. The molecule has 1 heterocycles. The van der Waals surface area contributed by atoms with Crippen molar-refractivity contribution in [1.82, 2.24) is 4.31 Å². The van der Waals surface area contributed by atoms with Gasteiger partial charge < -0.3 is 10.5 Å². The highest BCUT2D eigenvalue weighted by molar-refractivity contribution is 7.89. The highest BCUT2D eigenvalue weighted by Gasteiger charge is 2.32. The number of nitrogens with two attached hydrogens (primary N) is 1. The summed E-state index contributed by atoms with van der Waals surface area (Å²) in [5, 5.41) is 0. The Morgan fingerprint density at radius 2 is 1.75 bits per heavy atom. The fourth-order valence-electron chi connectivity index (χ4n) is 2.48. The maximum atomic E-state index is 12.7. The summed E-state index contributed by atoms with van der Waals surface area (Å²) in [5.74, 6) is 0. The molecule has 2 rings (SSSR count). The van der Waals surface area contributed by atoms with Gasteiger partial charge in [0.1, 0.15) is 0 Å². The van der Waals surface area contributed by atoms with Crippen LogP contribution in [0.5, 0.6) is 0 Å². The Hall–Kier alpha value is -1.11. The van der Waals surface area contributed by atoms with E-state index in [2.05, 4.69) is 0 Å². The molecule has 1 saturated heterocycles. The lowest BCUT2D eigenvalue weighted by Crippen LogP contribution is -2.48. The molecule has 1 aliphatic rings. The largest absolute Gasteiger partial charge is 0.398 e. The van der Waals surface area contributed by atoms with Crippen LogP contribution in [0.3, 0.4) is 0 Å². The summed E-state index contributed by atoms with van der Waals surface area (Å²) in [6.45, 7) is 8.27. The Bertz CT molecular complexity index is 580. The van der Waals surface area contributed by atoms with E-state index in [1.54, 1.807) is 12.1 Å². The van der Waals surface area contributed by atoms with Crippen LogP contribution in [0.2, 0.25) is 0 Å². The fourth-order valence-corrected chi connectivity index (χ4v) is 4.19. The van der Waals surface area contributed by atoms with Crippen molar-refractivity contribution >= 4 is 15.7 Å². The normalized spacial score (nSPS) is 24.8. The molecule has 0 bridgehead atoms. The van der Waals surface area contributed by atoms with Crippen LogP contribution >= 0.6 is 0 Å². The number of rotatable bonds is 2. The molecule has 1 aromatic carbocycles. The van der Waals surface area contributed by atoms with E-state index >= 15 is 0 Å². The number of sulfonamides is 1. The minimum absolute atomic E-state index is 0.0996. The lowest BCUT2D eigenvalue weighted by atomic mass is 10.1. The van der Waals surface area contributed by atoms with Gasteiger partial charge in [0, 0.05) is 18.8 Å². The van der Waals surface area contributed by atoms with Gasteiger partial charge in [-0.2, -0.15) is 4.31 Å². The Kier molecular flexibility index (Phi) is 4.09. The van der Waals surface area contributed by atoms with E-state index in [0.717, 1.165) is 11.1 Å². The van der Waals surface area contributed by atoms with Gasteiger partial charge in [-0.1, -0.05) is 0 Å². The monoisotopic (exact) mass is 298 g/mol. The molecule has 0 aliphatic carbocycles. The number of anilines is 1. The number of nitrogen functional groups attached to an aromatic ring is 1. The zero-order chi connectivity index (χ0) is 15.1. The van der Waals surface area contributed by atoms with Gasteiger partial charge in [0.2, 0.25) is 10.0 Å². The first kappa shape index (κ1) is 15.3. The Balaban J connectivity index is 2.40. The summed E-state index contributed by atoms with van der Waals surface area (Å²) in [6.07, 6.45) is -0.199. The summed E-state index contributed by atoms with van der Waals surface area (Å²) in [5.41, 5.74) is 8.22. The predicted octanol–water partition coefficient (Wildman–Crippen LogP) is 1.68. The summed E-state index contributed by atoms with van der Waals surface area (Å²) < 4.78 is 32.5. The van der Waals surface area contributed by atoms with Gasteiger partial charge in [0.15, 0.2) is 0 Å². The number of ether oxygens (including phenoxy) is 1. The quantitative estimate of drug-likeness (QED) is 0.843. The molecule has 112 valence electrons. The average molecular weight is 298 g/mol. The second kappa shape index (κ2) is 5.35. The van der Waals surface area contributed by atoms with Crippen LogP contribution in [0.15, 0.2) is 17.0 Å². The minimum atomic E-state index is -3.52. The lowest BCUT2D eigenvalue weighted by Gasteiger charge is -2.34. The average Bonchev–Trinajstić information content (AvgIpc) is 2.34. The molecule has 1 aromatic rings. The molecule has 0 spiro atoms. The maximum absolute atomic E-state index is 12.7. The van der Waals surface area contributed by atoms with Crippen LogP contribution in [0.1, 0.15) is 25.0 Å². The van der Waals surface area contributed by atoms with Crippen LogP contribution in [0.4, 0.5) is 5.69 Å². The van der Waals surface area contributed by atoms with Gasteiger partial charge in [0.05, 0.1) is 17.1 Å². The van der Waals surface area contributed by atoms with Crippen molar-refractivity contribution in [2.75, 3.05) is 18.8 Å². The van der Waals surface area contributed by atoms with Gasteiger partial charge >= 0.3 is 0 Å². The van der Waals surface area contributed by atoms with Crippen molar-refractivity contribution < 1.29 is 13.2 Å². The molecule has 0 amide bonds. The molecule has 1 aliphatic heterocycles. The topological polar surface area (TPSA) is 72.6 Å². The molecule has 0 radical (unpaired) electrons. The summed E-state index contributed by atoms with van der Waals surface area (Å²) in [7, 11) is -3.52. The first-order valence-electron chi connectivity index (χ1n) is 6.74. The molecular weight excluding hydrogens is 276 g/mol. The third-order valence-electron chi connectivity index (χ3n) is 3.70. The van der Waals surface area contributed by atoms with Crippen molar-refractivity contribution in [2.24, 2.45) is 0 Å². The molecule has 6 heteroatoms. The van der Waals surface area contributed by atoms with Gasteiger partial charge in [-0.3, -0.25) is 0 Å². The van der Waals surface area contributed by atoms with E-state index in [1.807, 2.05) is 27.7 Å². The SMILES string of the molecule is Cc1cc(S(=O)(=O)N2C[C@@H](C)O[C@@H](C)C2)cc(N)c1C. The molecular formula is C14H22N2O3S. The van der Waals surface area contributed by atoms with E-state index in [9.17, 15) is 8.42 Å². The molecule has 2 atom stereocenters. The first-order valence-corrected chi connectivity index (χ1v) is 8.18. The Labute approximate surface area is 120 Å². The second-order valence-corrected chi connectivity index (χ2v) is 7.47. The van der Waals surface area contributed by atoms with Crippen molar-refractivity contribution in [3.05, 3.63) is 23.3 Å². The number of nitrogens with zero attached hydrogens (tertiary/aromatic N) is 1. The molecule has 0 aromatic heterocycles. The number of hydrogen-bond donors (Lipinski definition) is 1. The number of morpholine rings is 1. The highest BCUT2D eigenvalue weighted by Crippen LogP contribution is 2.26. The number of benzene rings is 1. The predicted molar refractivity (Wildman–Crippen MR) is 79.1 cm³/mol. The Morgan fingerprint density at radius 3 is 2.25 bits per heavy atom. The van der Waals surface area contributed by atoms with Crippen LogP contribution in [-0.2, 0) is 14.8 Å². The third-order valence-corrected chi connectivity index (χ3v) is 5.51. The summed E-state index contributed by atoms with van der Waals surface area (Å²) in [6, 6.07) is 3.23. The Morgan fingerprint density at radius 1 is 1.20 bits per heavy atom. The molecule has 0 saturated carbocycles. The lowest BCUT2D eigenvalue weighted by molar-refractivity contribution is -0.0440. The zero-order valence-electron chi connectivity index (χ0n) is 12.4. The van der Waals surface area contributed by atoms with Crippen molar-refractivity contribution in [3.63, 3.8) is 0 Å². The van der Waals surface area contributed by atoms with E-state index in [1.165, 1.54) is 4.31 Å². The summed E-state index contributed by atoms with van der Waals surface area (Å²) >= 11 is 0. The smallest absolute Gasteiger partial charge is 0.243 e.